The molecule has 1 saturated heterocycles. The lowest BCUT2D eigenvalue weighted by Crippen LogP contribution is -2.57. The predicted molar refractivity (Wildman–Crippen MR) is 71.1 cm³/mol. The predicted octanol–water partition coefficient (Wildman–Crippen LogP) is 1.02. The lowest BCUT2D eigenvalue weighted by Gasteiger charge is -2.37. The van der Waals surface area contributed by atoms with Gasteiger partial charge in [-0.1, -0.05) is 13.3 Å². The molecule has 0 saturated carbocycles. The molecular weight excluding hydrogens is 236 g/mol. The van der Waals surface area contributed by atoms with Gasteiger partial charge in [-0.2, -0.15) is 12.6 Å². The number of hydrogen-bond acceptors (Lipinski definition) is 3. The first-order valence-corrected chi connectivity index (χ1v) is 6.85. The molecule has 0 aromatic heterocycles. The molecule has 0 spiro atoms. The van der Waals surface area contributed by atoms with E-state index in [9.17, 15) is 9.59 Å². The lowest BCUT2D eigenvalue weighted by molar-refractivity contribution is -0.157. The van der Waals surface area contributed by atoms with Gasteiger partial charge in [0.05, 0.1) is 0 Å². The SMILES string of the molecule is CCC(CS)CN1CCN(C(C)C)C(=O)C1=O. The van der Waals surface area contributed by atoms with Gasteiger partial charge in [0, 0.05) is 25.7 Å². The summed E-state index contributed by atoms with van der Waals surface area (Å²) in [5.41, 5.74) is 0. The van der Waals surface area contributed by atoms with Gasteiger partial charge in [-0.05, 0) is 25.5 Å². The molecule has 0 N–H and O–H groups in total. The molecule has 0 bridgehead atoms. The van der Waals surface area contributed by atoms with Crippen molar-refractivity contribution in [1.82, 2.24) is 9.80 Å². The van der Waals surface area contributed by atoms with Gasteiger partial charge in [0.15, 0.2) is 0 Å². The maximum Gasteiger partial charge on any atom is 0.312 e. The number of carbonyl (C=O) groups is 2. The summed E-state index contributed by atoms with van der Waals surface area (Å²) in [5, 5.41) is 0. The van der Waals surface area contributed by atoms with Gasteiger partial charge in [0.25, 0.3) is 0 Å². The smallest absolute Gasteiger partial charge is 0.312 e. The fourth-order valence-electron chi connectivity index (χ4n) is 1.98. The normalized spacial score (nSPS) is 19.1. The van der Waals surface area contributed by atoms with Crippen molar-refractivity contribution in [3.63, 3.8) is 0 Å². The molecule has 1 unspecified atom stereocenters. The van der Waals surface area contributed by atoms with Crippen molar-refractivity contribution in [3.05, 3.63) is 0 Å². The van der Waals surface area contributed by atoms with Crippen LogP contribution in [0.2, 0.25) is 0 Å². The third kappa shape index (κ3) is 3.37. The zero-order valence-electron chi connectivity index (χ0n) is 10.8. The van der Waals surface area contributed by atoms with Crippen LogP contribution in [-0.2, 0) is 9.59 Å². The Hall–Kier alpha value is -0.710. The van der Waals surface area contributed by atoms with Crippen LogP contribution in [0.1, 0.15) is 27.2 Å². The summed E-state index contributed by atoms with van der Waals surface area (Å²) < 4.78 is 0. The van der Waals surface area contributed by atoms with Crippen LogP contribution >= 0.6 is 12.6 Å². The topological polar surface area (TPSA) is 40.6 Å². The Morgan fingerprint density at radius 3 is 2.35 bits per heavy atom. The van der Waals surface area contributed by atoms with Crippen molar-refractivity contribution in [2.24, 2.45) is 5.92 Å². The Kier molecular flexibility index (Phi) is 5.31. The minimum absolute atomic E-state index is 0.0976. The molecule has 0 aromatic rings. The first-order chi connectivity index (χ1) is 8.01. The highest BCUT2D eigenvalue weighted by Crippen LogP contribution is 2.13. The monoisotopic (exact) mass is 258 g/mol. The van der Waals surface area contributed by atoms with E-state index in [4.69, 9.17) is 0 Å². The van der Waals surface area contributed by atoms with Crippen molar-refractivity contribution < 1.29 is 9.59 Å². The fraction of sp³-hybridized carbons (Fsp3) is 0.833. The molecule has 1 atom stereocenters. The standard InChI is InChI=1S/C12H22N2O2S/c1-4-10(8-17)7-13-5-6-14(9(2)3)12(16)11(13)15/h9-10,17H,4-8H2,1-3H3. The van der Waals surface area contributed by atoms with E-state index in [0.29, 0.717) is 25.6 Å². The average Bonchev–Trinajstić information content (AvgIpc) is 2.30. The summed E-state index contributed by atoms with van der Waals surface area (Å²) in [6, 6.07) is 0.0976. The van der Waals surface area contributed by atoms with Crippen molar-refractivity contribution >= 4 is 24.4 Å². The van der Waals surface area contributed by atoms with Gasteiger partial charge in [-0.25, -0.2) is 0 Å². The third-order valence-electron chi connectivity index (χ3n) is 3.28. The number of piperazine rings is 1. The van der Waals surface area contributed by atoms with E-state index in [1.165, 1.54) is 0 Å². The van der Waals surface area contributed by atoms with Crippen LogP contribution in [-0.4, -0.2) is 53.0 Å². The zero-order chi connectivity index (χ0) is 13.0. The third-order valence-corrected chi connectivity index (χ3v) is 3.80. The Bertz CT molecular complexity index is 290. The Labute approximate surface area is 109 Å². The van der Waals surface area contributed by atoms with Crippen molar-refractivity contribution in [2.75, 3.05) is 25.4 Å². The number of carbonyl (C=O) groups excluding carboxylic acids is 2. The summed E-state index contributed by atoms with van der Waals surface area (Å²) in [5.74, 6) is 0.411. The maximum absolute atomic E-state index is 11.9. The molecule has 98 valence electrons. The van der Waals surface area contributed by atoms with Crippen molar-refractivity contribution in [3.8, 4) is 0 Å². The van der Waals surface area contributed by atoms with Gasteiger partial charge in [-0.3, -0.25) is 9.59 Å². The van der Waals surface area contributed by atoms with E-state index in [0.717, 1.165) is 12.2 Å². The highest BCUT2D eigenvalue weighted by Gasteiger charge is 2.34. The van der Waals surface area contributed by atoms with E-state index in [1.54, 1.807) is 9.80 Å². The zero-order valence-corrected chi connectivity index (χ0v) is 11.7. The van der Waals surface area contributed by atoms with Crippen LogP contribution < -0.4 is 0 Å². The lowest BCUT2D eigenvalue weighted by atomic mass is 10.1. The molecule has 1 aliphatic heterocycles. The molecule has 4 nitrogen and oxygen atoms in total. The molecule has 1 fully saturated rings. The molecule has 0 radical (unpaired) electrons. The van der Waals surface area contributed by atoms with E-state index >= 15 is 0 Å². The molecule has 0 aliphatic carbocycles. The number of amides is 2. The van der Waals surface area contributed by atoms with E-state index in [-0.39, 0.29) is 17.9 Å². The summed E-state index contributed by atoms with van der Waals surface area (Å²) in [6.07, 6.45) is 0.982. The molecule has 0 aromatic carbocycles. The van der Waals surface area contributed by atoms with Crippen LogP contribution in [0.5, 0.6) is 0 Å². The molecule has 1 heterocycles. The van der Waals surface area contributed by atoms with Crippen LogP contribution in [0.3, 0.4) is 0 Å². The highest BCUT2D eigenvalue weighted by molar-refractivity contribution is 7.80. The Morgan fingerprint density at radius 1 is 1.24 bits per heavy atom. The van der Waals surface area contributed by atoms with Crippen LogP contribution in [0.4, 0.5) is 0 Å². The Balaban J connectivity index is 2.62. The Morgan fingerprint density at radius 2 is 1.88 bits per heavy atom. The number of rotatable bonds is 5. The van der Waals surface area contributed by atoms with E-state index < -0.39 is 0 Å². The van der Waals surface area contributed by atoms with Crippen LogP contribution in [0, 0.1) is 5.92 Å². The summed E-state index contributed by atoms with van der Waals surface area (Å²) in [6.45, 7) is 7.89. The average molecular weight is 258 g/mol. The number of nitrogens with zero attached hydrogens (tertiary/aromatic N) is 2. The second-order valence-electron chi connectivity index (χ2n) is 4.80. The number of thiol groups is 1. The molecule has 5 heteroatoms. The van der Waals surface area contributed by atoms with Crippen molar-refractivity contribution in [1.29, 1.82) is 0 Å². The summed E-state index contributed by atoms with van der Waals surface area (Å²) in [7, 11) is 0. The highest BCUT2D eigenvalue weighted by atomic mass is 32.1. The second kappa shape index (κ2) is 6.28. The minimum atomic E-state index is -0.361. The van der Waals surface area contributed by atoms with Gasteiger partial charge in [-0.15, -0.1) is 0 Å². The molecule has 17 heavy (non-hydrogen) atoms. The van der Waals surface area contributed by atoms with Gasteiger partial charge < -0.3 is 9.80 Å². The number of hydrogen-bond donors (Lipinski definition) is 1. The molecular formula is C12H22N2O2S. The molecule has 1 aliphatic rings. The van der Waals surface area contributed by atoms with Gasteiger partial charge in [0.1, 0.15) is 0 Å². The van der Waals surface area contributed by atoms with E-state index in [2.05, 4.69) is 19.6 Å². The fourth-order valence-corrected chi connectivity index (χ4v) is 2.36. The summed E-state index contributed by atoms with van der Waals surface area (Å²) in [4.78, 5) is 27.1. The maximum atomic E-state index is 11.9. The molecule has 2 amide bonds. The summed E-state index contributed by atoms with van der Waals surface area (Å²) >= 11 is 4.26. The quantitative estimate of drug-likeness (QED) is 0.591. The van der Waals surface area contributed by atoms with Crippen molar-refractivity contribution in [2.45, 2.75) is 33.2 Å². The minimum Gasteiger partial charge on any atom is -0.332 e. The second-order valence-corrected chi connectivity index (χ2v) is 5.17. The van der Waals surface area contributed by atoms with Gasteiger partial charge >= 0.3 is 11.8 Å². The molecule has 1 rings (SSSR count). The van der Waals surface area contributed by atoms with Crippen LogP contribution in [0.25, 0.3) is 0 Å². The van der Waals surface area contributed by atoms with E-state index in [1.807, 2.05) is 13.8 Å². The van der Waals surface area contributed by atoms with Crippen LogP contribution in [0.15, 0.2) is 0 Å². The first kappa shape index (κ1) is 14.4. The first-order valence-electron chi connectivity index (χ1n) is 6.22. The largest absolute Gasteiger partial charge is 0.332 e. The van der Waals surface area contributed by atoms with Gasteiger partial charge in [0.2, 0.25) is 0 Å².